The van der Waals surface area contributed by atoms with Crippen LogP contribution < -0.4 is 5.32 Å². The Morgan fingerprint density at radius 2 is 2.00 bits per heavy atom. The second-order valence-electron chi connectivity index (χ2n) is 6.25. The molecule has 0 aliphatic carbocycles. The van der Waals surface area contributed by atoms with Gasteiger partial charge in [0.15, 0.2) is 5.16 Å². The van der Waals surface area contributed by atoms with Crippen molar-refractivity contribution in [1.82, 2.24) is 19.8 Å². The van der Waals surface area contributed by atoms with Crippen molar-refractivity contribution in [2.45, 2.75) is 18.0 Å². The van der Waals surface area contributed by atoms with Crippen LogP contribution in [-0.2, 0) is 4.74 Å². The van der Waals surface area contributed by atoms with E-state index in [2.05, 4.69) is 15.2 Å². The lowest BCUT2D eigenvalue weighted by atomic mass is 10.2. The van der Waals surface area contributed by atoms with E-state index in [1.54, 1.807) is 18.0 Å². The van der Waals surface area contributed by atoms with Gasteiger partial charge in [-0.2, -0.15) is 0 Å². The van der Waals surface area contributed by atoms with Crippen LogP contribution in [0.5, 0.6) is 0 Å². The number of rotatable bonds is 8. The van der Waals surface area contributed by atoms with Crippen LogP contribution in [0.25, 0.3) is 5.69 Å². The molecule has 1 aromatic carbocycles. The first-order chi connectivity index (χ1) is 12.8. The fourth-order valence-electron chi connectivity index (χ4n) is 3.00. The lowest BCUT2D eigenvalue weighted by Crippen LogP contribution is -2.37. The summed E-state index contributed by atoms with van der Waals surface area (Å²) in [5.74, 6) is -0.0151. The van der Waals surface area contributed by atoms with Crippen LogP contribution in [0.1, 0.15) is 23.2 Å². The van der Waals surface area contributed by atoms with E-state index in [0.29, 0.717) is 12.1 Å². The monoisotopic (exact) mass is 374 g/mol. The standard InChI is InChI=1S/C19H26N4O2S/c1-26-19-21-9-11-23(19)17-6-4-16(5-7-17)18(24)20-8-2-3-10-22-12-14-25-15-13-22/h4-7,9,11H,2-3,8,10,12-15H2,1H3,(H,20,24). The highest BCUT2D eigenvalue weighted by atomic mass is 32.2. The van der Waals surface area contributed by atoms with Gasteiger partial charge in [-0.3, -0.25) is 14.3 Å². The average molecular weight is 375 g/mol. The minimum Gasteiger partial charge on any atom is -0.379 e. The Balaban J connectivity index is 1.42. The van der Waals surface area contributed by atoms with E-state index >= 15 is 0 Å². The molecule has 0 saturated carbocycles. The number of amides is 1. The fourth-order valence-corrected chi connectivity index (χ4v) is 3.53. The molecular formula is C19H26N4O2S. The molecule has 6 nitrogen and oxygen atoms in total. The van der Waals surface area contributed by atoms with Crippen LogP contribution in [0.2, 0.25) is 0 Å². The summed E-state index contributed by atoms with van der Waals surface area (Å²) in [6.07, 6.45) is 7.79. The first-order valence-electron chi connectivity index (χ1n) is 9.04. The summed E-state index contributed by atoms with van der Waals surface area (Å²) < 4.78 is 7.36. The van der Waals surface area contributed by atoms with E-state index in [1.807, 2.05) is 41.3 Å². The van der Waals surface area contributed by atoms with E-state index in [1.165, 1.54) is 0 Å². The molecule has 0 radical (unpaired) electrons. The predicted molar refractivity (Wildman–Crippen MR) is 104 cm³/mol. The van der Waals surface area contributed by atoms with Crippen molar-refractivity contribution >= 4 is 17.7 Å². The van der Waals surface area contributed by atoms with Crippen molar-refractivity contribution in [3.63, 3.8) is 0 Å². The second-order valence-corrected chi connectivity index (χ2v) is 7.02. The highest BCUT2D eigenvalue weighted by molar-refractivity contribution is 7.98. The van der Waals surface area contributed by atoms with Gasteiger partial charge in [0.25, 0.3) is 5.91 Å². The van der Waals surface area contributed by atoms with Gasteiger partial charge in [-0.25, -0.2) is 4.98 Å². The Morgan fingerprint density at radius 3 is 2.73 bits per heavy atom. The molecule has 3 rings (SSSR count). The minimum absolute atomic E-state index is 0.0151. The van der Waals surface area contributed by atoms with Crippen molar-refractivity contribution in [3.8, 4) is 5.69 Å². The summed E-state index contributed by atoms with van der Waals surface area (Å²) in [6, 6.07) is 7.63. The SMILES string of the molecule is CSc1nccn1-c1ccc(C(=O)NCCCCN2CCOCC2)cc1. The Kier molecular flexibility index (Phi) is 7.11. The molecule has 2 aromatic rings. The number of hydrogen-bond acceptors (Lipinski definition) is 5. The molecule has 1 aromatic heterocycles. The van der Waals surface area contributed by atoms with Gasteiger partial charge in [0.05, 0.1) is 13.2 Å². The molecule has 1 amide bonds. The maximum Gasteiger partial charge on any atom is 0.251 e. The summed E-state index contributed by atoms with van der Waals surface area (Å²) in [6.45, 7) is 5.51. The lowest BCUT2D eigenvalue weighted by Gasteiger charge is -2.26. The zero-order valence-electron chi connectivity index (χ0n) is 15.2. The summed E-state index contributed by atoms with van der Waals surface area (Å²) in [5, 5.41) is 3.94. The molecule has 26 heavy (non-hydrogen) atoms. The van der Waals surface area contributed by atoms with E-state index in [-0.39, 0.29) is 5.91 Å². The van der Waals surface area contributed by atoms with E-state index in [0.717, 1.165) is 56.5 Å². The fraction of sp³-hybridized carbons (Fsp3) is 0.474. The summed E-state index contributed by atoms with van der Waals surface area (Å²) >= 11 is 1.60. The maximum absolute atomic E-state index is 12.3. The first kappa shape index (κ1) is 18.9. The van der Waals surface area contributed by atoms with Gasteiger partial charge < -0.3 is 10.1 Å². The van der Waals surface area contributed by atoms with Crippen LogP contribution in [0, 0.1) is 0 Å². The molecule has 0 bridgehead atoms. The Labute approximate surface area is 158 Å². The number of thioether (sulfide) groups is 1. The zero-order valence-corrected chi connectivity index (χ0v) is 16.0. The van der Waals surface area contributed by atoms with Gasteiger partial charge in [0, 0.05) is 43.3 Å². The highest BCUT2D eigenvalue weighted by Crippen LogP contribution is 2.18. The van der Waals surface area contributed by atoms with E-state index in [4.69, 9.17) is 4.74 Å². The zero-order chi connectivity index (χ0) is 18.2. The maximum atomic E-state index is 12.3. The lowest BCUT2D eigenvalue weighted by molar-refractivity contribution is 0.0372. The number of nitrogens with zero attached hydrogens (tertiary/aromatic N) is 3. The van der Waals surface area contributed by atoms with Crippen LogP contribution in [0.15, 0.2) is 41.8 Å². The van der Waals surface area contributed by atoms with Gasteiger partial charge in [-0.15, -0.1) is 0 Å². The molecule has 0 atom stereocenters. The third kappa shape index (κ3) is 5.09. The average Bonchev–Trinajstić information content (AvgIpc) is 3.17. The van der Waals surface area contributed by atoms with Crippen LogP contribution >= 0.6 is 11.8 Å². The Bertz CT molecular complexity index is 696. The van der Waals surface area contributed by atoms with E-state index < -0.39 is 0 Å². The molecule has 0 spiro atoms. The van der Waals surface area contributed by atoms with Crippen molar-refractivity contribution in [2.24, 2.45) is 0 Å². The molecule has 1 saturated heterocycles. The minimum atomic E-state index is -0.0151. The van der Waals surface area contributed by atoms with Gasteiger partial charge in [0.1, 0.15) is 0 Å². The van der Waals surface area contributed by atoms with Crippen molar-refractivity contribution < 1.29 is 9.53 Å². The smallest absolute Gasteiger partial charge is 0.251 e. The van der Waals surface area contributed by atoms with Gasteiger partial charge >= 0.3 is 0 Å². The van der Waals surface area contributed by atoms with Crippen molar-refractivity contribution in [1.29, 1.82) is 0 Å². The largest absolute Gasteiger partial charge is 0.379 e. The number of aromatic nitrogens is 2. The highest BCUT2D eigenvalue weighted by Gasteiger charge is 2.10. The predicted octanol–water partition coefficient (Wildman–Crippen LogP) is 2.44. The number of benzene rings is 1. The molecule has 1 fully saturated rings. The quantitative estimate of drug-likeness (QED) is 0.568. The molecule has 140 valence electrons. The van der Waals surface area contributed by atoms with Crippen LogP contribution in [0.3, 0.4) is 0 Å². The summed E-state index contributed by atoms with van der Waals surface area (Å²) in [5.41, 5.74) is 1.70. The Morgan fingerprint density at radius 1 is 1.23 bits per heavy atom. The molecule has 7 heteroatoms. The molecular weight excluding hydrogens is 348 g/mol. The number of carbonyl (C=O) groups excluding carboxylic acids is 1. The second kappa shape index (κ2) is 9.75. The number of morpholine rings is 1. The number of carbonyl (C=O) groups is 1. The molecule has 2 heterocycles. The number of hydrogen-bond donors (Lipinski definition) is 1. The van der Waals surface area contributed by atoms with Crippen LogP contribution in [0.4, 0.5) is 0 Å². The normalized spacial score (nSPS) is 15.1. The summed E-state index contributed by atoms with van der Waals surface area (Å²) in [7, 11) is 0. The third-order valence-corrected chi connectivity index (χ3v) is 5.15. The number of ether oxygens (including phenoxy) is 1. The van der Waals surface area contributed by atoms with Crippen molar-refractivity contribution in [2.75, 3.05) is 45.6 Å². The van der Waals surface area contributed by atoms with Gasteiger partial charge in [-0.05, 0) is 49.9 Å². The molecule has 1 N–H and O–H groups in total. The van der Waals surface area contributed by atoms with Gasteiger partial charge in [-0.1, -0.05) is 11.8 Å². The number of nitrogens with one attached hydrogen (secondary N) is 1. The summed E-state index contributed by atoms with van der Waals surface area (Å²) in [4.78, 5) is 19.0. The van der Waals surface area contributed by atoms with E-state index in [9.17, 15) is 4.79 Å². The molecule has 1 aliphatic rings. The number of imidazole rings is 1. The van der Waals surface area contributed by atoms with Crippen LogP contribution in [-0.4, -0.2) is 66.0 Å². The third-order valence-electron chi connectivity index (χ3n) is 4.49. The first-order valence-corrected chi connectivity index (χ1v) is 10.3. The number of unbranched alkanes of at least 4 members (excludes halogenated alkanes) is 1. The molecule has 1 aliphatic heterocycles. The topological polar surface area (TPSA) is 59.4 Å². The van der Waals surface area contributed by atoms with Gasteiger partial charge in [0.2, 0.25) is 0 Å². The Hall–Kier alpha value is -1.83. The molecule has 0 unspecified atom stereocenters. The van der Waals surface area contributed by atoms with Crippen molar-refractivity contribution in [3.05, 3.63) is 42.2 Å².